The van der Waals surface area contributed by atoms with Gasteiger partial charge in [0.15, 0.2) is 0 Å². The van der Waals surface area contributed by atoms with Crippen LogP contribution in [-0.2, 0) is 17.4 Å². The number of pyridine rings is 1. The average Bonchev–Trinajstić information content (AvgIpc) is 2.83. The zero-order valence-electron chi connectivity index (χ0n) is 23.0. The molecule has 0 aliphatic carbocycles. The zero-order chi connectivity index (χ0) is 28.6. The molecule has 0 bridgehead atoms. The number of carbonyl (C=O) groups is 1. The molecule has 1 aliphatic heterocycles. The van der Waals surface area contributed by atoms with E-state index in [0.29, 0.717) is 5.69 Å². The lowest BCUT2D eigenvalue weighted by Crippen LogP contribution is -2.72. The maximum Gasteiger partial charge on any atom is 0.399 e. The quantitative estimate of drug-likeness (QED) is 0.350. The van der Waals surface area contributed by atoms with Gasteiger partial charge in [-0.1, -0.05) is 6.07 Å². The summed E-state index contributed by atoms with van der Waals surface area (Å²) >= 11 is 0. The van der Waals surface area contributed by atoms with E-state index in [1.54, 1.807) is 11.4 Å². The number of aromatic nitrogens is 3. The Morgan fingerprint density at radius 2 is 1.87 bits per heavy atom. The maximum absolute atomic E-state index is 13.6. The van der Waals surface area contributed by atoms with Crippen molar-refractivity contribution in [2.75, 3.05) is 11.9 Å². The Bertz CT molecular complexity index is 1370. The van der Waals surface area contributed by atoms with Crippen LogP contribution in [0.1, 0.15) is 68.7 Å². The lowest BCUT2D eigenvalue weighted by atomic mass is 9.85. The Morgan fingerprint density at radius 3 is 2.56 bits per heavy atom. The normalized spacial score (nSPS) is 15.1. The van der Waals surface area contributed by atoms with Crippen molar-refractivity contribution in [1.82, 2.24) is 25.6 Å². The van der Waals surface area contributed by atoms with Crippen LogP contribution in [0, 0.1) is 0 Å². The fourth-order valence-electron chi connectivity index (χ4n) is 4.48. The monoisotopic (exact) mass is 542 g/mol. The first-order chi connectivity index (χ1) is 18.2. The summed E-state index contributed by atoms with van der Waals surface area (Å²) < 4.78 is 40.9. The van der Waals surface area contributed by atoms with Gasteiger partial charge >= 0.3 is 6.18 Å². The number of benzene rings is 1. The molecule has 3 heterocycles. The number of fused-ring (bicyclic) bond motifs is 1. The second-order valence-electron chi connectivity index (χ2n) is 11.2. The fourth-order valence-corrected chi connectivity index (χ4v) is 4.48. The van der Waals surface area contributed by atoms with Crippen molar-refractivity contribution in [3.8, 4) is 0 Å². The van der Waals surface area contributed by atoms with Gasteiger partial charge in [0, 0.05) is 35.6 Å². The third-order valence-corrected chi connectivity index (χ3v) is 6.92. The van der Waals surface area contributed by atoms with Crippen LogP contribution in [0.5, 0.6) is 0 Å². The molecule has 1 amide bonds. The summed E-state index contributed by atoms with van der Waals surface area (Å²) in [4.78, 5) is 25.8. The van der Waals surface area contributed by atoms with Gasteiger partial charge < -0.3 is 16.0 Å². The Labute approximate surface area is 226 Å². The molecule has 0 radical (unpaired) electrons. The molecule has 11 heteroatoms. The number of carbonyl (C=O) groups excluding carboxylic acids is 1. The molecule has 39 heavy (non-hydrogen) atoms. The Balaban J connectivity index is 1.67. The van der Waals surface area contributed by atoms with Gasteiger partial charge in [-0.25, -0.2) is 4.98 Å². The highest BCUT2D eigenvalue weighted by Gasteiger charge is 2.49. The van der Waals surface area contributed by atoms with Crippen LogP contribution in [0.2, 0.25) is 0 Å². The summed E-state index contributed by atoms with van der Waals surface area (Å²) in [5, 5.41) is 11.1. The number of alkyl halides is 3. The number of nitrogens with zero attached hydrogens (tertiary/aromatic N) is 3. The smallest absolute Gasteiger partial charge is 0.350 e. The molecule has 0 spiro atoms. The predicted molar refractivity (Wildman–Crippen MR) is 144 cm³/mol. The summed E-state index contributed by atoms with van der Waals surface area (Å²) in [5.41, 5.74) is 1.49. The van der Waals surface area contributed by atoms with Crippen molar-refractivity contribution in [3.63, 3.8) is 0 Å². The number of halogens is 3. The minimum Gasteiger partial charge on any atom is -0.350 e. The van der Waals surface area contributed by atoms with E-state index in [0.717, 1.165) is 32.5 Å². The highest BCUT2D eigenvalue weighted by atomic mass is 19.4. The molecule has 3 aromatic rings. The van der Waals surface area contributed by atoms with E-state index in [1.165, 1.54) is 29.6 Å². The van der Waals surface area contributed by atoms with Gasteiger partial charge in [-0.05, 0) is 77.8 Å². The number of nitrogens with two attached hydrogens (primary N) is 1. The van der Waals surface area contributed by atoms with Crippen LogP contribution in [-0.4, -0.2) is 39.6 Å². The molecule has 5 N–H and O–H groups in total. The van der Waals surface area contributed by atoms with Gasteiger partial charge in [-0.15, -0.1) is 0 Å². The molecule has 2 aromatic heterocycles. The molecule has 208 valence electrons. The lowest BCUT2D eigenvalue weighted by Gasteiger charge is -2.34. The van der Waals surface area contributed by atoms with Gasteiger partial charge in [-0.3, -0.25) is 15.1 Å². The summed E-state index contributed by atoms with van der Waals surface area (Å²) in [6.45, 7) is 11.0. The van der Waals surface area contributed by atoms with Gasteiger partial charge in [-0.2, -0.15) is 18.2 Å². The first-order valence-electron chi connectivity index (χ1n) is 12.9. The third-order valence-electron chi connectivity index (χ3n) is 6.92. The van der Waals surface area contributed by atoms with E-state index < -0.39 is 11.6 Å². The summed E-state index contributed by atoms with van der Waals surface area (Å²) in [5.74, 6) is 0.160. The van der Waals surface area contributed by atoms with E-state index >= 15 is 0 Å². The predicted octanol–water partition coefficient (Wildman–Crippen LogP) is 4.50. The van der Waals surface area contributed by atoms with Crippen LogP contribution in [0.15, 0.2) is 42.7 Å². The van der Waals surface area contributed by atoms with E-state index in [-0.39, 0.29) is 40.5 Å². The number of quaternary nitrogens is 1. The van der Waals surface area contributed by atoms with Crippen molar-refractivity contribution in [3.05, 3.63) is 65.1 Å². The number of hydrogen-bond donors (Lipinski definition) is 4. The van der Waals surface area contributed by atoms with Crippen molar-refractivity contribution in [2.24, 2.45) is 0 Å². The van der Waals surface area contributed by atoms with E-state index in [2.05, 4.69) is 56.9 Å². The molecule has 1 aliphatic rings. The van der Waals surface area contributed by atoms with Crippen molar-refractivity contribution in [1.29, 1.82) is 0 Å². The summed E-state index contributed by atoms with van der Waals surface area (Å²) in [6.07, 6.45) is -0.841. The lowest BCUT2D eigenvalue weighted by molar-refractivity contribution is -0.483. The molecule has 0 saturated heterocycles. The van der Waals surface area contributed by atoms with E-state index in [9.17, 15) is 18.0 Å². The fraction of sp³-hybridized carbons (Fsp3) is 0.429. The van der Waals surface area contributed by atoms with Gasteiger partial charge in [0.05, 0.1) is 11.9 Å². The molecule has 0 saturated carbocycles. The molecular formula is C28H35F3N7O+. The number of amides is 1. The topological polar surface area (TPSA) is 108 Å². The van der Waals surface area contributed by atoms with E-state index in [4.69, 9.17) is 0 Å². The standard InChI is InChI=1S/C28H34F3N7O/c1-16(2)35-24(39)20-15-33-25(37-18-7-8-21-17(13-18)9-12-34-27(21,5)6)38-23(20)36-19-10-11-32-22(14-19)26(3,4)28(29,30)31/h7-8,10-11,13-16,34H,9,12H2,1-6H3,(H,35,39)(H2,32,33,36,37,38)/p+1. The van der Waals surface area contributed by atoms with Gasteiger partial charge in [0.1, 0.15) is 16.7 Å². The summed E-state index contributed by atoms with van der Waals surface area (Å²) in [6, 6.07) is 8.91. The third kappa shape index (κ3) is 6.20. The first kappa shape index (κ1) is 28.4. The maximum atomic E-state index is 13.6. The highest BCUT2D eigenvalue weighted by molar-refractivity contribution is 5.97. The molecule has 0 atom stereocenters. The van der Waals surface area contributed by atoms with Crippen LogP contribution in [0.4, 0.5) is 36.3 Å². The first-order valence-corrected chi connectivity index (χ1v) is 12.9. The SMILES string of the molecule is CC(C)NC(=O)c1cnc(Nc2ccc3c(c2)CCNC3(C)C)nc1[NH2+]c1ccnc(C(C)(C)C(F)(F)F)c1. The molecule has 1 aromatic carbocycles. The molecule has 0 unspecified atom stereocenters. The van der Waals surface area contributed by atoms with Crippen molar-refractivity contribution < 1.29 is 23.3 Å². The van der Waals surface area contributed by atoms with Crippen LogP contribution < -0.4 is 21.3 Å². The second-order valence-corrected chi connectivity index (χ2v) is 11.2. The minimum atomic E-state index is -4.48. The summed E-state index contributed by atoms with van der Waals surface area (Å²) in [7, 11) is 0. The largest absolute Gasteiger partial charge is 0.399 e. The molecule has 0 fully saturated rings. The average molecular weight is 543 g/mol. The highest BCUT2D eigenvalue weighted by Crippen LogP contribution is 2.39. The number of rotatable bonds is 7. The van der Waals surface area contributed by atoms with Gasteiger partial charge in [0.2, 0.25) is 11.8 Å². The Morgan fingerprint density at radius 1 is 1.13 bits per heavy atom. The number of hydrogen-bond acceptors (Lipinski definition) is 6. The van der Waals surface area contributed by atoms with Crippen LogP contribution in [0.3, 0.4) is 0 Å². The second kappa shape index (κ2) is 10.5. The Kier molecular flexibility index (Phi) is 7.68. The zero-order valence-corrected chi connectivity index (χ0v) is 23.0. The van der Waals surface area contributed by atoms with Crippen LogP contribution in [0.25, 0.3) is 0 Å². The van der Waals surface area contributed by atoms with Crippen molar-refractivity contribution >= 4 is 29.0 Å². The van der Waals surface area contributed by atoms with Gasteiger partial charge in [0.25, 0.3) is 5.91 Å². The Hall–Kier alpha value is -3.57. The van der Waals surface area contributed by atoms with E-state index in [1.807, 2.05) is 19.9 Å². The molecule has 4 rings (SSSR count). The number of anilines is 2. The molecule has 8 nitrogen and oxygen atoms in total. The van der Waals surface area contributed by atoms with Crippen LogP contribution >= 0.6 is 0 Å². The minimum absolute atomic E-state index is 0.125. The molecular weight excluding hydrogens is 507 g/mol. The van der Waals surface area contributed by atoms with Crippen molar-refractivity contribution in [2.45, 2.75) is 71.1 Å². The number of nitrogens with one attached hydrogen (secondary N) is 3.